The Kier molecular flexibility index (Phi) is 6.95. The summed E-state index contributed by atoms with van der Waals surface area (Å²) < 4.78 is 27.0. The van der Waals surface area contributed by atoms with E-state index in [1.54, 1.807) is 12.1 Å². The van der Waals surface area contributed by atoms with Crippen molar-refractivity contribution in [2.24, 2.45) is 0 Å². The molecule has 3 rings (SSSR count). The highest BCUT2D eigenvalue weighted by atomic mass is 35.5. The third-order valence-electron chi connectivity index (χ3n) is 5.15. The molecule has 0 unspecified atom stereocenters. The summed E-state index contributed by atoms with van der Waals surface area (Å²) in [7, 11) is -3.55. The Bertz CT molecular complexity index is 969. The molecular weight excluding hydrogens is 410 g/mol. The third kappa shape index (κ3) is 5.17. The number of benzene rings is 2. The number of aryl methyl sites for hydroxylation is 2. The van der Waals surface area contributed by atoms with Crippen molar-refractivity contribution in [1.82, 2.24) is 9.21 Å². The number of amides is 1. The van der Waals surface area contributed by atoms with E-state index in [4.69, 9.17) is 11.6 Å². The van der Waals surface area contributed by atoms with Gasteiger partial charge in [-0.2, -0.15) is 4.31 Å². The van der Waals surface area contributed by atoms with Gasteiger partial charge in [-0.25, -0.2) is 8.42 Å². The lowest BCUT2D eigenvalue weighted by Crippen LogP contribution is -2.50. The van der Waals surface area contributed by atoms with Crippen molar-refractivity contribution >= 4 is 33.2 Å². The number of nitrogens with zero attached hydrogens (tertiary/aromatic N) is 2. The molecule has 2 aromatic carbocycles. The molecule has 2 aromatic rings. The minimum atomic E-state index is -3.55. The predicted octanol–water partition coefficient (Wildman–Crippen LogP) is 3.16. The maximum absolute atomic E-state index is 12.8. The quantitative estimate of drug-likeness (QED) is 0.756. The molecule has 156 valence electrons. The van der Waals surface area contributed by atoms with Gasteiger partial charge < -0.3 is 5.32 Å². The van der Waals surface area contributed by atoms with Crippen molar-refractivity contribution < 1.29 is 13.2 Å². The first-order valence-corrected chi connectivity index (χ1v) is 11.5. The minimum absolute atomic E-state index is 0.0805. The number of piperazine rings is 1. The molecule has 29 heavy (non-hydrogen) atoms. The van der Waals surface area contributed by atoms with Crippen LogP contribution in [0.15, 0.2) is 47.4 Å². The highest BCUT2D eigenvalue weighted by Crippen LogP contribution is 2.22. The summed E-state index contributed by atoms with van der Waals surface area (Å²) >= 11 is 5.85. The second kappa shape index (κ2) is 9.26. The van der Waals surface area contributed by atoms with Gasteiger partial charge in [-0.05, 0) is 48.7 Å². The van der Waals surface area contributed by atoms with Crippen LogP contribution >= 0.6 is 11.6 Å². The van der Waals surface area contributed by atoms with Crippen LogP contribution in [0.25, 0.3) is 0 Å². The largest absolute Gasteiger partial charge is 0.324 e. The van der Waals surface area contributed by atoms with Gasteiger partial charge in [0.2, 0.25) is 15.9 Å². The Morgan fingerprint density at radius 3 is 2.34 bits per heavy atom. The average molecular weight is 436 g/mol. The van der Waals surface area contributed by atoms with Crippen LogP contribution in [0.3, 0.4) is 0 Å². The Hall–Kier alpha value is -1.93. The van der Waals surface area contributed by atoms with Crippen LogP contribution in [-0.4, -0.2) is 56.3 Å². The summed E-state index contributed by atoms with van der Waals surface area (Å²) in [6.45, 7) is 6.00. The van der Waals surface area contributed by atoms with E-state index in [9.17, 15) is 13.2 Å². The van der Waals surface area contributed by atoms with Gasteiger partial charge in [0.05, 0.1) is 11.4 Å². The zero-order chi connectivity index (χ0) is 21.0. The van der Waals surface area contributed by atoms with Crippen LogP contribution in [0.5, 0.6) is 0 Å². The molecule has 0 bridgehead atoms. The van der Waals surface area contributed by atoms with Gasteiger partial charge in [0, 0.05) is 36.9 Å². The first kappa shape index (κ1) is 21.8. The lowest BCUT2D eigenvalue weighted by atomic mass is 10.1. The Morgan fingerprint density at radius 2 is 1.72 bits per heavy atom. The maximum Gasteiger partial charge on any atom is 0.243 e. The van der Waals surface area contributed by atoms with Gasteiger partial charge in [-0.3, -0.25) is 9.69 Å². The van der Waals surface area contributed by atoms with Crippen molar-refractivity contribution in [3.63, 3.8) is 0 Å². The Morgan fingerprint density at radius 1 is 1.07 bits per heavy atom. The SMILES string of the molecule is CCc1cccc(C)c1NC(=O)CN1CCN(S(=O)(=O)c2ccc(Cl)cc2)CC1. The third-order valence-corrected chi connectivity index (χ3v) is 7.32. The molecule has 0 atom stereocenters. The van der Waals surface area contributed by atoms with Crippen molar-refractivity contribution in [2.45, 2.75) is 25.2 Å². The monoisotopic (exact) mass is 435 g/mol. The zero-order valence-electron chi connectivity index (χ0n) is 16.7. The normalized spacial score (nSPS) is 16.0. The fraction of sp³-hybridized carbons (Fsp3) is 0.381. The van der Waals surface area contributed by atoms with E-state index >= 15 is 0 Å². The molecule has 0 saturated carbocycles. The van der Waals surface area contributed by atoms with E-state index in [1.165, 1.54) is 16.4 Å². The fourth-order valence-corrected chi connectivity index (χ4v) is 5.02. The molecule has 0 radical (unpaired) electrons. The number of hydrogen-bond acceptors (Lipinski definition) is 4. The van der Waals surface area contributed by atoms with Gasteiger partial charge in [-0.1, -0.05) is 36.7 Å². The molecule has 1 amide bonds. The van der Waals surface area contributed by atoms with Gasteiger partial charge in [0.15, 0.2) is 0 Å². The van der Waals surface area contributed by atoms with Gasteiger partial charge in [-0.15, -0.1) is 0 Å². The first-order valence-electron chi connectivity index (χ1n) is 9.67. The molecular formula is C21H26ClN3O3S. The summed E-state index contributed by atoms with van der Waals surface area (Å²) in [6, 6.07) is 12.2. The highest BCUT2D eigenvalue weighted by Gasteiger charge is 2.29. The summed E-state index contributed by atoms with van der Waals surface area (Å²) in [5.74, 6) is -0.0805. The minimum Gasteiger partial charge on any atom is -0.324 e. The van der Waals surface area contributed by atoms with Gasteiger partial charge in [0.25, 0.3) is 0 Å². The number of anilines is 1. The van der Waals surface area contributed by atoms with Crippen LogP contribution < -0.4 is 5.32 Å². The van der Waals surface area contributed by atoms with Crippen molar-refractivity contribution in [3.8, 4) is 0 Å². The number of carbonyl (C=O) groups is 1. The standard InChI is InChI=1S/C21H26ClN3O3S/c1-3-17-6-4-5-16(2)21(17)23-20(26)15-24-11-13-25(14-12-24)29(27,28)19-9-7-18(22)8-10-19/h4-10H,3,11-15H2,1-2H3,(H,23,26). The topological polar surface area (TPSA) is 69.7 Å². The Labute approximate surface area is 177 Å². The summed E-state index contributed by atoms with van der Waals surface area (Å²) in [5.41, 5.74) is 3.03. The smallest absolute Gasteiger partial charge is 0.243 e. The first-order chi connectivity index (χ1) is 13.8. The molecule has 1 heterocycles. The van der Waals surface area contributed by atoms with Crippen LogP contribution in [0.4, 0.5) is 5.69 Å². The van der Waals surface area contributed by atoms with Gasteiger partial charge in [0.1, 0.15) is 0 Å². The molecule has 1 saturated heterocycles. The van der Waals surface area contributed by atoms with E-state index in [0.29, 0.717) is 31.2 Å². The van der Waals surface area contributed by atoms with E-state index in [2.05, 4.69) is 12.2 Å². The lowest BCUT2D eigenvalue weighted by Gasteiger charge is -2.33. The number of para-hydroxylation sites is 1. The molecule has 0 aromatic heterocycles. The van der Waals surface area contributed by atoms with E-state index in [-0.39, 0.29) is 17.3 Å². The number of carbonyl (C=O) groups excluding carboxylic acids is 1. The molecule has 0 spiro atoms. The molecule has 6 nitrogen and oxygen atoms in total. The second-order valence-corrected chi connectivity index (χ2v) is 9.52. The number of rotatable bonds is 6. The van der Waals surface area contributed by atoms with Crippen LogP contribution in [-0.2, 0) is 21.2 Å². The molecule has 1 fully saturated rings. The number of hydrogen-bond donors (Lipinski definition) is 1. The lowest BCUT2D eigenvalue weighted by molar-refractivity contribution is -0.117. The van der Waals surface area contributed by atoms with Crippen LogP contribution in [0, 0.1) is 6.92 Å². The number of sulfonamides is 1. The summed E-state index contributed by atoms with van der Waals surface area (Å²) in [6.07, 6.45) is 0.846. The number of nitrogens with one attached hydrogen (secondary N) is 1. The summed E-state index contributed by atoms with van der Waals surface area (Å²) in [5, 5.41) is 3.52. The van der Waals surface area contributed by atoms with Crippen molar-refractivity contribution in [2.75, 3.05) is 38.0 Å². The maximum atomic E-state index is 12.8. The second-order valence-electron chi connectivity index (χ2n) is 7.14. The van der Waals surface area contributed by atoms with Crippen LogP contribution in [0.2, 0.25) is 5.02 Å². The molecule has 1 N–H and O–H groups in total. The van der Waals surface area contributed by atoms with E-state index < -0.39 is 10.0 Å². The van der Waals surface area contributed by atoms with Crippen molar-refractivity contribution in [3.05, 3.63) is 58.6 Å². The average Bonchev–Trinajstić information content (AvgIpc) is 2.70. The highest BCUT2D eigenvalue weighted by molar-refractivity contribution is 7.89. The Balaban J connectivity index is 1.57. The van der Waals surface area contributed by atoms with Crippen LogP contribution in [0.1, 0.15) is 18.1 Å². The molecule has 1 aliphatic rings. The van der Waals surface area contributed by atoms with Crippen molar-refractivity contribution in [1.29, 1.82) is 0 Å². The molecule has 0 aliphatic carbocycles. The molecule has 8 heteroatoms. The number of halogens is 1. The summed E-state index contributed by atoms with van der Waals surface area (Å²) in [4.78, 5) is 14.8. The van der Waals surface area contributed by atoms with E-state index in [0.717, 1.165) is 23.2 Å². The van der Waals surface area contributed by atoms with Gasteiger partial charge >= 0.3 is 0 Å². The predicted molar refractivity (Wildman–Crippen MR) is 116 cm³/mol. The molecule has 1 aliphatic heterocycles. The zero-order valence-corrected chi connectivity index (χ0v) is 18.3. The fourth-order valence-electron chi connectivity index (χ4n) is 3.47. The van der Waals surface area contributed by atoms with E-state index in [1.807, 2.05) is 30.0 Å².